The van der Waals surface area contributed by atoms with Crippen LogP contribution in [0.1, 0.15) is 28.7 Å². The van der Waals surface area contributed by atoms with Crippen LogP contribution in [0.25, 0.3) is 5.65 Å². The minimum absolute atomic E-state index is 0.244. The number of aliphatic hydroxyl groups excluding tert-OH is 1. The number of aromatic nitrogens is 2. The van der Waals surface area contributed by atoms with E-state index in [4.69, 9.17) is 0 Å². The standard InChI is InChI=1S/C19H19N3O2/c1-12-7-8-22-17(9-12)21-18(16(11-23)19(22)24)20-15-6-5-13-3-2-4-14(13)10-15/h5-10,20,23H,2-4,11H2,1H3. The molecule has 0 aliphatic heterocycles. The van der Waals surface area contributed by atoms with Crippen LogP contribution in [0, 0.1) is 6.92 Å². The van der Waals surface area contributed by atoms with Crippen molar-refractivity contribution >= 4 is 17.2 Å². The number of anilines is 2. The summed E-state index contributed by atoms with van der Waals surface area (Å²) in [5, 5.41) is 12.9. The monoisotopic (exact) mass is 321 g/mol. The SMILES string of the molecule is Cc1ccn2c(=O)c(CO)c(Nc3ccc4c(c3)CCC4)nc2c1. The van der Waals surface area contributed by atoms with Gasteiger partial charge >= 0.3 is 0 Å². The maximum absolute atomic E-state index is 12.6. The first-order valence-electron chi connectivity index (χ1n) is 8.17. The van der Waals surface area contributed by atoms with Crippen molar-refractivity contribution in [2.24, 2.45) is 0 Å². The molecule has 2 aromatic heterocycles. The highest BCUT2D eigenvalue weighted by Crippen LogP contribution is 2.27. The lowest BCUT2D eigenvalue weighted by molar-refractivity contribution is 0.280. The van der Waals surface area contributed by atoms with Crippen LogP contribution in [0.4, 0.5) is 11.5 Å². The molecule has 24 heavy (non-hydrogen) atoms. The van der Waals surface area contributed by atoms with Gasteiger partial charge in [-0.1, -0.05) is 6.07 Å². The average Bonchev–Trinajstić information content (AvgIpc) is 3.02. The van der Waals surface area contributed by atoms with Crippen molar-refractivity contribution in [2.45, 2.75) is 32.8 Å². The Bertz CT molecular complexity index is 992. The topological polar surface area (TPSA) is 66.6 Å². The van der Waals surface area contributed by atoms with Crippen molar-refractivity contribution in [3.8, 4) is 0 Å². The molecule has 1 aromatic carbocycles. The summed E-state index contributed by atoms with van der Waals surface area (Å²) in [6.07, 6.45) is 5.10. The fraction of sp³-hybridized carbons (Fsp3) is 0.263. The Morgan fingerprint density at radius 1 is 1.21 bits per heavy atom. The van der Waals surface area contributed by atoms with E-state index in [0.29, 0.717) is 11.5 Å². The molecule has 0 spiro atoms. The fourth-order valence-corrected chi connectivity index (χ4v) is 3.31. The van der Waals surface area contributed by atoms with Crippen LogP contribution in [-0.2, 0) is 19.4 Å². The minimum Gasteiger partial charge on any atom is -0.391 e. The normalized spacial score (nSPS) is 13.2. The number of fused-ring (bicyclic) bond motifs is 2. The van der Waals surface area contributed by atoms with Gasteiger partial charge in [0.1, 0.15) is 11.5 Å². The van der Waals surface area contributed by atoms with E-state index in [1.807, 2.05) is 25.1 Å². The number of nitrogens with zero attached hydrogens (tertiary/aromatic N) is 2. The van der Waals surface area contributed by atoms with Gasteiger partial charge in [0.2, 0.25) is 0 Å². The number of hydrogen-bond donors (Lipinski definition) is 2. The lowest BCUT2D eigenvalue weighted by Gasteiger charge is -2.12. The number of aliphatic hydroxyl groups is 1. The molecular formula is C19H19N3O2. The summed E-state index contributed by atoms with van der Waals surface area (Å²) in [5.74, 6) is 0.422. The number of aryl methyl sites for hydroxylation is 3. The second-order valence-electron chi connectivity index (χ2n) is 6.30. The molecule has 0 amide bonds. The van der Waals surface area contributed by atoms with Gasteiger partial charge in [-0.3, -0.25) is 9.20 Å². The highest BCUT2D eigenvalue weighted by molar-refractivity contribution is 5.63. The van der Waals surface area contributed by atoms with E-state index in [1.165, 1.54) is 21.9 Å². The average molecular weight is 321 g/mol. The molecule has 0 unspecified atom stereocenters. The fourth-order valence-electron chi connectivity index (χ4n) is 3.31. The molecular weight excluding hydrogens is 302 g/mol. The maximum atomic E-state index is 12.6. The van der Waals surface area contributed by atoms with Crippen LogP contribution in [0.2, 0.25) is 0 Å². The highest BCUT2D eigenvalue weighted by atomic mass is 16.3. The van der Waals surface area contributed by atoms with Crippen LogP contribution in [0.3, 0.4) is 0 Å². The number of rotatable bonds is 3. The zero-order chi connectivity index (χ0) is 16.7. The van der Waals surface area contributed by atoms with E-state index >= 15 is 0 Å². The molecule has 122 valence electrons. The van der Waals surface area contributed by atoms with E-state index in [0.717, 1.165) is 24.1 Å². The molecule has 0 saturated carbocycles. The van der Waals surface area contributed by atoms with Crippen molar-refractivity contribution < 1.29 is 5.11 Å². The summed E-state index contributed by atoms with van der Waals surface area (Å²) in [6.45, 7) is 1.61. The molecule has 0 saturated heterocycles. The molecule has 4 rings (SSSR count). The number of pyridine rings is 1. The predicted octanol–water partition coefficient (Wildman–Crippen LogP) is 2.73. The Labute approximate surface area is 139 Å². The van der Waals surface area contributed by atoms with Gasteiger partial charge < -0.3 is 10.4 Å². The molecule has 0 fully saturated rings. The minimum atomic E-state index is -0.351. The summed E-state index contributed by atoms with van der Waals surface area (Å²) in [6, 6.07) is 9.96. The van der Waals surface area contributed by atoms with Crippen molar-refractivity contribution in [1.29, 1.82) is 0 Å². The van der Waals surface area contributed by atoms with Crippen LogP contribution in [0.5, 0.6) is 0 Å². The summed E-state index contributed by atoms with van der Waals surface area (Å²) in [4.78, 5) is 17.1. The molecule has 0 radical (unpaired) electrons. The Morgan fingerprint density at radius 3 is 2.88 bits per heavy atom. The Morgan fingerprint density at radius 2 is 2.04 bits per heavy atom. The van der Waals surface area contributed by atoms with Crippen molar-refractivity contribution in [3.05, 3.63) is 69.1 Å². The maximum Gasteiger partial charge on any atom is 0.265 e. The summed E-state index contributed by atoms with van der Waals surface area (Å²) < 4.78 is 1.46. The van der Waals surface area contributed by atoms with Crippen LogP contribution >= 0.6 is 0 Å². The van der Waals surface area contributed by atoms with Crippen LogP contribution < -0.4 is 10.9 Å². The molecule has 2 N–H and O–H groups in total. The number of benzene rings is 1. The Balaban J connectivity index is 1.82. The van der Waals surface area contributed by atoms with E-state index in [1.54, 1.807) is 6.20 Å². The van der Waals surface area contributed by atoms with Gasteiger partial charge in [0.05, 0.1) is 12.2 Å². The zero-order valence-corrected chi connectivity index (χ0v) is 13.5. The molecule has 0 atom stereocenters. The van der Waals surface area contributed by atoms with E-state index in [-0.39, 0.29) is 17.7 Å². The van der Waals surface area contributed by atoms with Crippen LogP contribution in [-0.4, -0.2) is 14.5 Å². The van der Waals surface area contributed by atoms with E-state index in [2.05, 4.69) is 22.4 Å². The third-order valence-corrected chi connectivity index (χ3v) is 4.60. The molecule has 2 heterocycles. The lowest BCUT2D eigenvalue weighted by Crippen LogP contribution is -2.22. The molecule has 3 aromatic rings. The third-order valence-electron chi connectivity index (χ3n) is 4.60. The van der Waals surface area contributed by atoms with Gasteiger partial charge in [-0.15, -0.1) is 0 Å². The first-order valence-corrected chi connectivity index (χ1v) is 8.17. The highest BCUT2D eigenvalue weighted by Gasteiger charge is 2.14. The predicted molar refractivity (Wildman–Crippen MR) is 93.9 cm³/mol. The van der Waals surface area contributed by atoms with Gasteiger partial charge in [-0.2, -0.15) is 0 Å². The summed E-state index contributed by atoms with van der Waals surface area (Å²) >= 11 is 0. The largest absolute Gasteiger partial charge is 0.391 e. The smallest absolute Gasteiger partial charge is 0.265 e. The third kappa shape index (κ3) is 2.47. The van der Waals surface area contributed by atoms with Gasteiger partial charge in [0.15, 0.2) is 0 Å². The second-order valence-corrected chi connectivity index (χ2v) is 6.30. The lowest BCUT2D eigenvalue weighted by atomic mass is 10.1. The second kappa shape index (κ2) is 5.76. The zero-order valence-electron chi connectivity index (χ0n) is 13.5. The number of nitrogens with one attached hydrogen (secondary N) is 1. The van der Waals surface area contributed by atoms with Crippen molar-refractivity contribution in [2.75, 3.05) is 5.32 Å². The Hall–Kier alpha value is -2.66. The van der Waals surface area contributed by atoms with Gasteiger partial charge in [-0.25, -0.2) is 4.98 Å². The molecule has 1 aliphatic carbocycles. The van der Waals surface area contributed by atoms with Gasteiger partial charge in [0.25, 0.3) is 5.56 Å². The first-order chi connectivity index (χ1) is 11.7. The van der Waals surface area contributed by atoms with Gasteiger partial charge in [0, 0.05) is 11.9 Å². The molecule has 5 nitrogen and oxygen atoms in total. The van der Waals surface area contributed by atoms with E-state index in [9.17, 15) is 9.90 Å². The van der Waals surface area contributed by atoms with Crippen molar-refractivity contribution in [3.63, 3.8) is 0 Å². The summed E-state index contributed by atoms with van der Waals surface area (Å²) in [7, 11) is 0. The molecule has 1 aliphatic rings. The quantitative estimate of drug-likeness (QED) is 0.778. The summed E-state index contributed by atoms with van der Waals surface area (Å²) in [5.41, 5.74) is 5.27. The molecule has 5 heteroatoms. The first kappa shape index (κ1) is 14.9. The number of hydrogen-bond acceptors (Lipinski definition) is 4. The van der Waals surface area contributed by atoms with Crippen molar-refractivity contribution in [1.82, 2.24) is 9.38 Å². The van der Waals surface area contributed by atoms with Gasteiger partial charge in [-0.05, 0) is 67.1 Å². The molecule has 0 bridgehead atoms. The Kier molecular flexibility index (Phi) is 3.58. The van der Waals surface area contributed by atoms with Crippen LogP contribution in [0.15, 0.2) is 41.3 Å². The van der Waals surface area contributed by atoms with E-state index < -0.39 is 0 Å².